The van der Waals surface area contributed by atoms with Gasteiger partial charge in [-0.3, -0.25) is 0 Å². The summed E-state index contributed by atoms with van der Waals surface area (Å²) in [6, 6.07) is 1.57. The molecule has 3 nitrogen and oxygen atoms in total. The van der Waals surface area contributed by atoms with E-state index in [4.69, 9.17) is 5.11 Å². The fourth-order valence-electron chi connectivity index (χ4n) is 2.02. The highest BCUT2D eigenvalue weighted by molar-refractivity contribution is 7.10. The SMILES string of the molecule is O=C(O)c1ccsc1C1(O)CCCC1. The summed E-state index contributed by atoms with van der Waals surface area (Å²) in [6.45, 7) is 0. The van der Waals surface area contributed by atoms with Crippen LogP contribution in [0.1, 0.15) is 40.9 Å². The Hall–Kier alpha value is -0.870. The molecule has 1 aliphatic carbocycles. The third-order valence-electron chi connectivity index (χ3n) is 2.75. The van der Waals surface area contributed by atoms with Gasteiger partial charge in [0.15, 0.2) is 0 Å². The van der Waals surface area contributed by atoms with Crippen LogP contribution in [0.2, 0.25) is 0 Å². The first-order valence-electron chi connectivity index (χ1n) is 4.67. The highest BCUT2D eigenvalue weighted by atomic mass is 32.1. The first-order chi connectivity index (χ1) is 6.63. The summed E-state index contributed by atoms with van der Waals surface area (Å²) in [4.78, 5) is 11.5. The van der Waals surface area contributed by atoms with E-state index in [0.29, 0.717) is 17.7 Å². The maximum atomic E-state index is 10.9. The highest BCUT2D eigenvalue weighted by Gasteiger charge is 2.37. The first-order valence-corrected chi connectivity index (χ1v) is 5.55. The lowest BCUT2D eigenvalue weighted by Crippen LogP contribution is -2.22. The van der Waals surface area contributed by atoms with Crippen LogP contribution in [0.4, 0.5) is 0 Å². The second-order valence-electron chi connectivity index (χ2n) is 3.71. The van der Waals surface area contributed by atoms with E-state index in [1.165, 1.54) is 11.3 Å². The Labute approximate surface area is 86.0 Å². The van der Waals surface area contributed by atoms with Crippen molar-refractivity contribution in [2.75, 3.05) is 0 Å². The molecule has 0 aliphatic heterocycles. The minimum atomic E-state index is -0.943. The number of carbonyl (C=O) groups is 1. The molecule has 0 spiro atoms. The zero-order chi connectivity index (χ0) is 10.2. The number of thiophene rings is 1. The average molecular weight is 212 g/mol. The molecule has 0 amide bonds. The van der Waals surface area contributed by atoms with E-state index in [2.05, 4.69) is 0 Å². The average Bonchev–Trinajstić information content (AvgIpc) is 2.71. The van der Waals surface area contributed by atoms with Crippen LogP contribution in [-0.2, 0) is 5.60 Å². The van der Waals surface area contributed by atoms with Crippen LogP contribution in [0.15, 0.2) is 11.4 Å². The second-order valence-corrected chi connectivity index (χ2v) is 4.62. The molecule has 0 radical (unpaired) electrons. The van der Waals surface area contributed by atoms with Gasteiger partial charge < -0.3 is 10.2 Å². The first kappa shape index (κ1) is 9.68. The van der Waals surface area contributed by atoms with Gasteiger partial charge in [0.2, 0.25) is 0 Å². The molecule has 76 valence electrons. The number of carboxylic acids is 1. The highest BCUT2D eigenvalue weighted by Crippen LogP contribution is 2.42. The summed E-state index contributed by atoms with van der Waals surface area (Å²) in [5.41, 5.74) is -0.610. The van der Waals surface area contributed by atoms with Crippen LogP contribution < -0.4 is 0 Å². The van der Waals surface area contributed by atoms with Crippen LogP contribution >= 0.6 is 11.3 Å². The molecule has 4 heteroatoms. The number of hydrogen-bond acceptors (Lipinski definition) is 3. The molecule has 0 saturated heterocycles. The fourth-order valence-corrected chi connectivity index (χ4v) is 3.07. The minimum Gasteiger partial charge on any atom is -0.478 e. The molecule has 1 saturated carbocycles. The standard InChI is InChI=1S/C10H12O3S/c11-9(12)7-3-6-14-8(7)10(13)4-1-2-5-10/h3,6,13H,1-2,4-5H2,(H,11,12). The molecule has 14 heavy (non-hydrogen) atoms. The topological polar surface area (TPSA) is 57.5 Å². The molecule has 0 aromatic carbocycles. The largest absolute Gasteiger partial charge is 0.478 e. The predicted molar refractivity (Wildman–Crippen MR) is 53.6 cm³/mol. The Bertz CT molecular complexity index is 350. The summed E-state index contributed by atoms with van der Waals surface area (Å²) in [5, 5.41) is 20.9. The van der Waals surface area contributed by atoms with Crippen molar-refractivity contribution in [3.63, 3.8) is 0 Å². The van der Waals surface area contributed by atoms with E-state index < -0.39 is 11.6 Å². The van der Waals surface area contributed by atoms with Crippen LogP contribution in [0.3, 0.4) is 0 Å². The maximum absolute atomic E-state index is 10.9. The number of aromatic carboxylic acids is 1. The second kappa shape index (κ2) is 3.37. The van der Waals surface area contributed by atoms with Gasteiger partial charge in [0, 0.05) is 0 Å². The smallest absolute Gasteiger partial charge is 0.336 e. The zero-order valence-electron chi connectivity index (χ0n) is 7.69. The van der Waals surface area contributed by atoms with Gasteiger partial charge in [0.25, 0.3) is 0 Å². The van der Waals surface area contributed by atoms with Gasteiger partial charge in [0.05, 0.1) is 16.0 Å². The predicted octanol–water partition coefficient (Wildman–Crippen LogP) is 2.21. The lowest BCUT2D eigenvalue weighted by molar-refractivity contribution is 0.0446. The maximum Gasteiger partial charge on any atom is 0.336 e. The molecule has 1 fully saturated rings. The van der Waals surface area contributed by atoms with Crippen molar-refractivity contribution in [1.82, 2.24) is 0 Å². The Morgan fingerprint density at radius 1 is 1.43 bits per heavy atom. The lowest BCUT2D eigenvalue weighted by atomic mass is 9.97. The van der Waals surface area contributed by atoms with Gasteiger partial charge in [-0.05, 0) is 24.3 Å². The normalized spacial score (nSPS) is 19.8. The van der Waals surface area contributed by atoms with E-state index in [1.807, 2.05) is 0 Å². The molecule has 0 unspecified atom stereocenters. The summed E-state index contributed by atoms with van der Waals surface area (Å²) >= 11 is 1.34. The number of carboxylic acid groups (broad SMARTS) is 1. The Balaban J connectivity index is 2.40. The van der Waals surface area contributed by atoms with Crippen LogP contribution in [0, 0.1) is 0 Å². The molecule has 0 bridgehead atoms. The number of rotatable bonds is 2. The quantitative estimate of drug-likeness (QED) is 0.790. The Morgan fingerprint density at radius 2 is 2.07 bits per heavy atom. The van der Waals surface area contributed by atoms with Crippen molar-refractivity contribution in [2.24, 2.45) is 0 Å². The monoisotopic (exact) mass is 212 g/mol. The van der Waals surface area contributed by atoms with Gasteiger partial charge in [-0.25, -0.2) is 4.79 Å². The third-order valence-corrected chi connectivity index (χ3v) is 3.86. The van der Waals surface area contributed by atoms with E-state index >= 15 is 0 Å². The minimum absolute atomic E-state index is 0.263. The summed E-state index contributed by atoms with van der Waals surface area (Å²) in [5.74, 6) is -0.943. The molecule has 1 aliphatic rings. The van der Waals surface area contributed by atoms with E-state index in [1.54, 1.807) is 11.4 Å². The summed E-state index contributed by atoms with van der Waals surface area (Å²) < 4.78 is 0. The summed E-state index contributed by atoms with van der Waals surface area (Å²) in [7, 11) is 0. The van der Waals surface area contributed by atoms with Gasteiger partial charge in [-0.2, -0.15) is 0 Å². The molecule has 2 rings (SSSR count). The van der Waals surface area contributed by atoms with E-state index in [0.717, 1.165) is 12.8 Å². The van der Waals surface area contributed by atoms with Crippen molar-refractivity contribution >= 4 is 17.3 Å². The van der Waals surface area contributed by atoms with E-state index in [-0.39, 0.29) is 5.56 Å². The van der Waals surface area contributed by atoms with Crippen LogP contribution in [0.25, 0.3) is 0 Å². The Morgan fingerprint density at radius 3 is 2.64 bits per heavy atom. The molecule has 1 aromatic heterocycles. The van der Waals surface area contributed by atoms with Gasteiger partial charge in [-0.1, -0.05) is 12.8 Å². The number of hydrogen-bond donors (Lipinski definition) is 2. The zero-order valence-corrected chi connectivity index (χ0v) is 8.51. The molecule has 2 N–H and O–H groups in total. The van der Waals surface area contributed by atoms with Crippen molar-refractivity contribution in [1.29, 1.82) is 0 Å². The molecular formula is C10H12O3S. The van der Waals surface area contributed by atoms with Crippen LogP contribution in [-0.4, -0.2) is 16.2 Å². The van der Waals surface area contributed by atoms with Crippen molar-refractivity contribution in [3.05, 3.63) is 21.9 Å². The van der Waals surface area contributed by atoms with Gasteiger partial charge in [-0.15, -0.1) is 11.3 Å². The van der Waals surface area contributed by atoms with Crippen LogP contribution in [0.5, 0.6) is 0 Å². The Kier molecular flexibility index (Phi) is 2.33. The molecule has 0 atom stereocenters. The summed E-state index contributed by atoms with van der Waals surface area (Å²) in [6.07, 6.45) is 3.34. The van der Waals surface area contributed by atoms with Crippen molar-refractivity contribution in [2.45, 2.75) is 31.3 Å². The van der Waals surface area contributed by atoms with Gasteiger partial charge >= 0.3 is 5.97 Å². The molecular weight excluding hydrogens is 200 g/mol. The molecule has 1 aromatic rings. The fraction of sp³-hybridized carbons (Fsp3) is 0.500. The third kappa shape index (κ3) is 1.44. The lowest BCUT2D eigenvalue weighted by Gasteiger charge is -2.21. The van der Waals surface area contributed by atoms with Crippen molar-refractivity contribution in [3.8, 4) is 0 Å². The van der Waals surface area contributed by atoms with E-state index in [9.17, 15) is 9.90 Å². The van der Waals surface area contributed by atoms with Gasteiger partial charge in [0.1, 0.15) is 0 Å². The number of aliphatic hydroxyl groups is 1. The molecule has 1 heterocycles. The van der Waals surface area contributed by atoms with Crippen molar-refractivity contribution < 1.29 is 15.0 Å².